The first-order valence-electron chi connectivity index (χ1n) is 10.2. The lowest BCUT2D eigenvalue weighted by Gasteiger charge is -2.17. The van der Waals surface area contributed by atoms with Crippen molar-refractivity contribution in [3.05, 3.63) is 12.2 Å². The molecule has 1 unspecified atom stereocenters. The highest BCUT2D eigenvalue weighted by Gasteiger charge is 2.22. The van der Waals surface area contributed by atoms with E-state index in [-0.39, 0.29) is 0 Å². The molecule has 0 saturated heterocycles. The van der Waals surface area contributed by atoms with Crippen LogP contribution in [0.2, 0.25) is 0 Å². The minimum Gasteiger partial charge on any atom is -0.309 e. The van der Waals surface area contributed by atoms with Gasteiger partial charge in [0.05, 0.1) is 19.4 Å². The largest absolute Gasteiger partial charge is 0.330 e. The van der Waals surface area contributed by atoms with Crippen molar-refractivity contribution in [2.24, 2.45) is 0 Å². The Kier molecular flexibility index (Phi) is 17.6. The standard InChI is InChI=1S/C20H41O3P/c1-4-7-10-11-12-13-14-15-17-19-23-24(21,20-9-6-3)22-18-16-8-5-2/h15,17H,4-14,16,18-20H2,1-3H3/b17-15+. The maximum absolute atomic E-state index is 12.7. The fourth-order valence-corrected chi connectivity index (χ4v) is 4.22. The minimum atomic E-state index is -2.90. The Morgan fingerprint density at radius 3 is 2.04 bits per heavy atom. The molecule has 0 spiro atoms. The molecule has 0 amide bonds. The van der Waals surface area contributed by atoms with Gasteiger partial charge in [-0.3, -0.25) is 4.57 Å². The predicted octanol–water partition coefficient (Wildman–Crippen LogP) is 7.51. The summed E-state index contributed by atoms with van der Waals surface area (Å²) in [6.07, 6.45) is 18.8. The van der Waals surface area contributed by atoms with Crippen molar-refractivity contribution in [1.29, 1.82) is 0 Å². The average Bonchev–Trinajstić information content (AvgIpc) is 2.59. The van der Waals surface area contributed by atoms with Crippen LogP contribution in [-0.4, -0.2) is 19.4 Å². The molecule has 0 rings (SSSR count). The van der Waals surface area contributed by atoms with Crippen LogP contribution in [0, 0.1) is 0 Å². The number of allylic oxidation sites excluding steroid dienone is 1. The lowest BCUT2D eigenvalue weighted by molar-refractivity contribution is 0.214. The van der Waals surface area contributed by atoms with Crippen LogP contribution in [-0.2, 0) is 13.6 Å². The van der Waals surface area contributed by atoms with Gasteiger partial charge in [0, 0.05) is 0 Å². The Bertz CT molecular complexity index is 329. The molecule has 0 heterocycles. The third-order valence-electron chi connectivity index (χ3n) is 4.08. The van der Waals surface area contributed by atoms with Crippen molar-refractivity contribution in [1.82, 2.24) is 0 Å². The molecule has 0 radical (unpaired) electrons. The van der Waals surface area contributed by atoms with Gasteiger partial charge in [0.1, 0.15) is 0 Å². The Morgan fingerprint density at radius 2 is 1.33 bits per heavy atom. The second-order valence-corrected chi connectivity index (χ2v) is 8.74. The van der Waals surface area contributed by atoms with Crippen molar-refractivity contribution < 1.29 is 13.6 Å². The number of unbranched alkanes of at least 4 members (excludes halogenated alkanes) is 9. The molecule has 0 bridgehead atoms. The van der Waals surface area contributed by atoms with Gasteiger partial charge in [-0.15, -0.1) is 0 Å². The molecule has 144 valence electrons. The number of rotatable bonds is 18. The minimum absolute atomic E-state index is 0.407. The molecule has 0 aliphatic heterocycles. The predicted molar refractivity (Wildman–Crippen MR) is 106 cm³/mol. The zero-order valence-electron chi connectivity index (χ0n) is 16.4. The van der Waals surface area contributed by atoms with E-state index >= 15 is 0 Å². The second-order valence-electron chi connectivity index (χ2n) is 6.55. The van der Waals surface area contributed by atoms with E-state index in [2.05, 4.69) is 26.8 Å². The fourth-order valence-electron chi connectivity index (χ4n) is 2.46. The highest BCUT2D eigenvalue weighted by atomic mass is 31.2. The van der Waals surface area contributed by atoms with Crippen molar-refractivity contribution in [3.8, 4) is 0 Å². The van der Waals surface area contributed by atoms with Gasteiger partial charge in [0.25, 0.3) is 0 Å². The molecule has 0 fully saturated rings. The third-order valence-corrected chi connectivity index (χ3v) is 6.06. The van der Waals surface area contributed by atoms with Crippen molar-refractivity contribution in [2.45, 2.75) is 97.8 Å². The number of hydrogen-bond acceptors (Lipinski definition) is 3. The third kappa shape index (κ3) is 15.4. The highest BCUT2D eigenvalue weighted by Crippen LogP contribution is 2.49. The van der Waals surface area contributed by atoms with Crippen LogP contribution in [0.4, 0.5) is 0 Å². The summed E-state index contributed by atoms with van der Waals surface area (Å²) in [5.74, 6) is 0. The lowest BCUT2D eigenvalue weighted by atomic mass is 10.1. The van der Waals surface area contributed by atoms with Gasteiger partial charge >= 0.3 is 7.60 Å². The van der Waals surface area contributed by atoms with Gasteiger partial charge in [0.2, 0.25) is 0 Å². The molecule has 0 aromatic rings. The molecule has 3 nitrogen and oxygen atoms in total. The van der Waals surface area contributed by atoms with Crippen molar-refractivity contribution in [2.75, 3.05) is 19.4 Å². The molecular weight excluding hydrogens is 319 g/mol. The van der Waals surface area contributed by atoms with Crippen LogP contribution in [0.1, 0.15) is 97.8 Å². The SMILES string of the molecule is CCCCCCCC/C=C/COP(=O)(CCCC)OCCCCC. The maximum atomic E-state index is 12.7. The molecule has 0 aliphatic rings. The normalized spacial score (nSPS) is 14.3. The Labute approximate surface area is 151 Å². The van der Waals surface area contributed by atoms with Crippen molar-refractivity contribution >= 4 is 7.60 Å². The first-order valence-corrected chi connectivity index (χ1v) is 11.9. The number of hydrogen-bond donors (Lipinski definition) is 0. The molecule has 0 aromatic carbocycles. The summed E-state index contributed by atoms with van der Waals surface area (Å²) < 4.78 is 23.9. The molecule has 0 aliphatic carbocycles. The summed E-state index contributed by atoms with van der Waals surface area (Å²) in [5.41, 5.74) is 0. The quantitative estimate of drug-likeness (QED) is 0.144. The van der Waals surface area contributed by atoms with E-state index in [0.29, 0.717) is 19.4 Å². The van der Waals surface area contributed by atoms with Crippen LogP contribution < -0.4 is 0 Å². The van der Waals surface area contributed by atoms with Gasteiger partial charge in [-0.25, -0.2) is 0 Å². The average molecular weight is 361 g/mol. The molecule has 0 N–H and O–H groups in total. The zero-order chi connectivity index (χ0) is 17.9. The second kappa shape index (κ2) is 17.7. The summed E-state index contributed by atoms with van der Waals surface area (Å²) in [5, 5.41) is 0. The van der Waals surface area contributed by atoms with E-state index < -0.39 is 7.60 Å². The van der Waals surface area contributed by atoms with Gasteiger partial charge < -0.3 is 9.05 Å². The van der Waals surface area contributed by atoms with Gasteiger partial charge in [-0.05, 0) is 25.7 Å². The van der Waals surface area contributed by atoms with E-state index in [0.717, 1.165) is 38.5 Å². The van der Waals surface area contributed by atoms with E-state index in [9.17, 15) is 4.57 Å². The van der Waals surface area contributed by atoms with Gasteiger partial charge in [-0.2, -0.15) is 0 Å². The first-order chi connectivity index (χ1) is 11.7. The smallest absolute Gasteiger partial charge is 0.309 e. The molecule has 1 atom stereocenters. The Morgan fingerprint density at radius 1 is 0.708 bits per heavy atom. The Balaban J connectivity index is 3.86. The summed E-state index contributed by atoms with van der Waals surface area (Å²) in [4.78, 5) is 0. The Hall–Kier alpha value is -0.110. The fraction of sp³-hybridized carbons (Fsp3) is 0.900. The van der Waals surface area contributed by atoms with Gasteiger partial charge in [0.15, 0.2) is 0 Å². The van der Waals surface area contributed by atoms with Crippen LogP contribution >= 0.6 is 7.60 Å². The van der Waals surface area contributed by atoms with E-state index in [1.54, 1.807) is 0 Å². The summed E-state index contributed by atoms with van der Waals surface area (Å²) in [6.45, 7) is 7.46. The van der Waals surface area contributed by atoms with Crippen LogP contribution in [0.5, 0.6) is 0 Å². The summed E-state index contributed by atoms with van der Waals surface area (Å²) in [7, 11) is -2.90. The summed E-state index contributed by atoms with van der Waals surface area (Å²) >= 11 is 0. The zero-order valence-corrected chi connectivity index (χ0v) is 17.3. The van der Waals surface area contributed by atoms with Crippen LogP contribution in [0.25, 0.3) is 0 Å². The molecule has 24 heavy (non-hydrogen) atoms. The van der Waals surface area contributed by atoms with E-state index in [4.69, 9.17) is 9.05 Å². The van der Waals surface area contributed by atoms with Crippen molar-refractivity contribution in [3.63, 3.8) is 0 Å². The van der Waals surface area contributed by atoms with Gasteiger partial charge in [-0.1, -0.05) is 84.3 Å². The molecule has 0 saturated carbocycles. The maximum Gasteiger partial charge on any atom is 0.330 e. The van der Waals surface area contributed by atoms with Crippen LogP contribution in [0.3, 0.4) is 0 Å². The highest BCUT2D eigenvalue weighted by molar-refractivity contribution is 7.53. The first kappa shape index (κ1) is 23.9. The summed E-state index contributed by atoms with van der Waals surface area (Å²) in [6, 6.07) is 0. The lowest BCUT2D eigenvalue weighted by Crippen LogP contribution is -2.02. The molecule has 4 heteroatoms. The van der Waals surface area contributed by atoms with E-state index in [1.165, 1.54) is 38.5 Å². The molecular formula is C20H41O3P. The monoisotopic (exact) mass is 360 g/mol. The topological polar surface area (TPSA) is 35.5 Å². The van der Waals surface area contributed by atoms with Crippen LogP contribution in [0.15, 0.2) is 12.2 Å². The van der Waals surface area contributed by atoms with E-state index in [1.807, 2.05) is 6.08 Å². The molecule has 0 aromatic heterocycles.